The number of ether oxygens (including phenoxy) is 1. The number of amides is 1. The van der Waals surface area contributed by atoms with Crippen LogP contribution in [0.15, 0.2) is 0 Å². The lowest BCUT2D eigenvalue weighted by molar-refractivity contribution is -0.192. The molecule has 1 saturated heterocycles. The molecule has 24 heavy (non-hydrogen) atoms. The lowest BCUT2D eigenvalue weighted by atomic mass is 10.0. The van der Waals surface area contributed by atoms with E-state index in [1.807, 2.05) is 6.07 Å². The van der Waals surface area contributed by atoms with E-state index >= 15 is 0 Å². The molecule has 0 saturated carbocycles. The molecule has 1 atom stereocenters. The number of carbonyl (C=O) groups excluding carboxylic acids is 1. The van der Waals surface area contributed by atoms with Crippen molar-refractivity contribution < 1.29 is 37.7 Å². The SMILES string of the molecule is N#CCOCC#CCN1C(=O)CCC[C@@H]1CO.O=C(O)C(F)(F)F. The summed E-state index contributed by atoms with van der Waals surface area (Å²) in [6.07, 6.45) is -2.89. The molecule has 1 fully saturated rings. The van der Waals surface area contributed by atoms with Gasteiger partial charge in [-0.05, 0) is 12.8 Å². The summed E-state index contributed by atoms with van der Waals surface area (Å²) < 4.78 is 36.6. The molecule has 0 bridgehead atoms. The first kappa shape index (κ1) is 21.7. The Bertz CT molecular complexity index is 519. The molecule has 0 aromatic heterocycles. The second-order valence-corrected chi connectivity index (χ2v) is 4.56. The van der Waals surface area contributed by atoms with Crippen LogP contribution in [0.1, 0.15) is 19.3 Å². The van der Waals surface area contributed by atoms with Crippen LogP contribution in [0.5, 0.6) is 0 Å². The number of hydrogen-bond acceptors (Lipinski definition) is 5. The maximum Gasteiger partial charge on any atom is 0.490 e. The van der Waals surface area contributed by atoms with E-state index < -0.39 is 12.1 Å². The van der Waals surface area contributed by atoms with E-state index in [0.29, 0.717) is 13.0 Å². The van der Waals surface area contributed by atoms with E-state index in [0.717, 1.165) is 12.8 Å². The van der Waals surface area contributed by atoms with Crippen LogP contribution in [-0.2, 0) is 14.3 Å². The molecule has 0 aliphatic carbocycles. The number of nitriles is 1. The molecule has 1 rings (SSSR count). The van der Waals surface area contributed by atoms with Crippen molar-refractivity contribution in [2.24, 2.45) is 0 Å². The molecule has 0 aromatic carbocycles. The van der Waals surface area contributed by atoms with Crippen molar-refractivity contribution in [3.05, 3.63) is 0 Å². The topological polar surface area (TPSA) is 111 Å². The summed E-state index contributed by atoms with van der Waals surface area (Å²) in [6, 6.07) is 1.74. The Kier molecular flexibility index (Phi) is 10.2. The summed E-state index contributed by atoms with van der Waals surface area (Å²) in [5.74, 6) is 2.84. The second-order valence-electron chi connectivity index (χ2n) is 4.56. The minimum absolute atomic E-state index is 0.0155. The van der Waals surface area contributed by atoms with Crippen LogP contribution in [0.4, 0.5) is 13.2 Å². The highest BCUT2D eigenvalue weighted by Crippen LogP contribution is 2.17. The molecule has 1 aliphatic rings. The predicted molar refractivity (Wildman–Crippen MR) is 74.3 cm³/mol. The number of hydrogen-bond donors (Lipinski definition) is 2. The first-order chi connectivity index (χ1) is 11.2. The van der Waals surface area contributed by atoms with Gasteiger partial charge in [-0.3, -0.25) is 4.79 Å². The van der Waals surface area contributed by atoms with Gasteiger partial charge in [0.15, 0.2) is 0 Å². The summed E-state index contributed by atoms with van der Waals surface area (Å²) in [5, 5.41) is 24.5. The normalized spacial score (nSPS) is 17.0. The van der Waals surface area contributed by atoms with Gasteiger partial charge >= 0.3 is 12.1 Å². The molecule has 10 heteroatoms. The van der Waals surface area contributed by atoms with Crippen LogP contribution in [0, 0.1) is 23.2 Å². The Morgan fingerprint density at radius 1 is 1.38 bits per heavy atom. The monoisotopic (exact) mass is 350 g/mol. The molecule has 0 radical (unpaired) electrons. The van der Waals surface area contributed by atoms with Crippen LogP contribution in [0.25, 0.3) is 0 Å². The van der Waals surface area contributed by atoms with E-state index in [4.69, 9.17) is 25.0 Å². The van der Waals surface area contributed by atoms with Crippen molar-refractivity contribution in [3.8, 4) is 17.9 Å². The zero-order valence-corrected chi connectivity index (χ0v) is 12.7. The van der Waals surface area contributed by atoms with Gasteiger partial charge in [0.25, 0.3) is 0 Å². The molecule has 2 N–H and O–H groups in total. The number of aliphatic carboxylic acids is 1. The number of aliphatic hydroxyl groups is 1. The molecular weight excluding hydrogens is 333 g/mol. The molecule has 0 spiro atoms. The smallest absolute Gasteiger partial charge is 0.475 e. The summed E-state index contributed by atoms with van der Waals surface area (Å²) >= 11 is 0. The van der Waals surface area contributed by atoms with E-state index in [1.54, 1.807) is 4.90 Å². The largest absolute Gasteiger partial charge is 0.490 e. The molecular formula is C14H17F3N2O5. The van der Waals surface area contributed by atoms with Gasteiger partial charge in [-0.25, -0.2) is 4.79 Å². The summed E-state index contributed by atoms with van der Waals surface area (Å²) in [4.78, 5) is 22.1. The number of carboxylic acids is 1. The summed E-state index contributed by atoms with van der Waals surface area (Å²) in [7, 11) is 0. The van der Waals surface area contributed by atoms with Crippen molar-refractivity contribution in [3.63, 3.8) is 0 Å². The number of rotatable bonds is 4. The first-order valence-corrected chi connectivity index (χ1v) is 6.84. The molecule has 1 amide bonds. The third-order valence-corrected chi connectivity index (χ3v) is 2.86. The Morgan fingerprint density at radius 3 is 2.50 bits per heavy atom. The third-order valence-electron chi connectivity index (χ3n) is 2.86. The minimum atomic E-state index is -5.08. The number of piperidine rings is 1. The van der Waals surface area contributed by atoms with E-state index in [1.165, 1.54) is 0 Å². The average Bonchev–Trinajstić information content (AvgIpc) is 2.51. The molecule has 0 aromatic rings. The first-order valence-electron chi connectivity index (χ1n) is 6.84. The number of nitrogens with zero attached hydrogens (tertiary/aromatic N) is 2. The van der Waals surface area contributed by atoms with Crippen LogP contribution in [0.3, 0.4) is 0 Å². The van der Waals surface area contributed by atoms with Gasteiger partial charge in [0.1, 0.15) is 13.2 Å². The maximum absolute atomic E-state index is 11.6. The second kappa shape index (κ2) is 11.3. The quantitative estimate of drug-likeness (QED) is 0.565. The van der Waals surface area contributed by atoms with Gasteiger partial charge in [-0.1, -0.05) is 11.8 Å². The third kappa shape index (κ3) is 8.98. The van der Waals surface area contributed by atoms with Gasteiger partial charge < -0.3 is 19.8 Å². The molecule has 134 valence electrons. The lowest BCUT2D eigenvalue weighted by Crippen LogP contribution is -2.45. The van der Waals surface area contributed by atoms with E-state index in [-0.39, 0.29) is 31.8 Å². The number of carbonyl (C=O) groups is 2. The van der Waals surface area contributed by atoms with Gasteiger partial charge in [0.05, 0.1) is 25.3 Å². The van der Waals surface area contributed by atoms with Crippen LogP contribution in [0.2, 0.25) is 0 Å². The summed E-state index contributed by atoms with van der Waals surface area (Å²) in [6.45, 7) is 0.522. The fourth-order valence-corrected chi connectivity index (χ4v) is 1.74. The fourth-order valence-electron chi connectivity index (χ4n) is 1.74. The molecule has 7 nitrogen and oxygen atoms in total. The van der Waals surface area contributed by atoms with E-state index in [9.17, 15) is 18.0 Å². The number of aliphatic hydroxyl groups excluding tert-OH is 1. The molecule has 1 heterocycles. The number of carboxylic acid groups (broad SMARTS) is 1. The molecule has 1 aliphatic heterocycles. The van der Waals surface area contributed by atoms with Gasteiger partial charge in [-0.2, -0.15) is 18.4 Å². The van der Waals surface area contributed by atoms with E-state index in [2.05, 4.69) is 11.8 Å². The zero-order valence-electron chi connectivity index (χ0n) is 12.7. The predicted octanol–water partition coefficient (Wildman–Crippen LogP) is 0.537. The Morgan fingerprint density at radius 2 is 2.00 bits per heavy atom. The van der Waals surface area contributed by atoms with Crippen molar-refractivity contribution >= 4 is 11.9 Å². The van der Waals surface area contributed by atoms with Gasteiger partial charge in [0.2, 0.25) is 5.91 Å². The van der Waals surface area contributed by atoms with Gasteiger partial charge in [0, 0.05) is 6.42 Å². The Balaban J connectivity index is 0.000000640. The lowest BCUT2D eigenvalue weighted by Gasteiger charge is -2.32. The highest BCUT2D eigenvalue weighted by atomic mass is 19.4. The Hall–Kier alpha value is -2.30. The van der Waals surface area contributed by atoms with Crippen LogP contribution >= 0.6 is 0 Å². The Labute approximate surface area is 136 Å². The standard InChI is InChI=1S/C12H16N2O3.C2HF3O2/c13-6-9-17-8-2-1-7-14-11(10-15)4-3-5-12(14)16;3-2(4,5)1(6)7/h11,15H,3-5,7-10H2;(H,6,7)/t11-;/m1./s1. The number of alkyl halides is 3. The fraction of sp³-hybridized carbons (Fsp3) is 0.643. The van der Waals surface area contributed by atoms with Crippen molar-refractivity contribution in [1.82, 2.24) is 4.90 Å². The van der Waals surface area contributed by atoms with Crippen molar-refractivity contribution in [2.75, 3.05) is 26.4 Å². The van der Waals surface area contributed by atoms with Gasteiger partial charge in [-0.15, -0.1) is 0 Å². The van der Waals surface area contributed by atoms with Crippen LogP contribution in [-0.4, -0.2) is 65.6 Å². The number of likely N-dealkylation sites (tertiary alicyclic amines) is 1. The molecule has 0 unspecified atom stereocenters. The summed E-state index contributed by atoms with van der Waals surface area (Å²) in [5.41, 5.74) is 0. The van der Waals surface area contributed by atoms with Crippen molar-refractivity contribution in [1.29, 1.82) is 5.26 Å². The highest BCUT2D eigenvalue weighted by molar-refractivity contribution is 5.77. The minimum Gasteiger partial charge on any atom is -0.475 e. The highest BCUT2D eigenvalue weighted by Gasteiger charge is 2.38. The average molecular weight is 350 g/mol. The maximum atomic E-state index is 11.6. The zero-order chi connectivity index (χ0) is 18.6. The van der Waals surface area contributed by atoms with Crippen LogP contribution < -0.4 is 0 Å². The van der Waals surface area contributed by atoms with Crippen molar-refractivity contribution in [2.45, 2.75) is 31.5 Å². The number of halogens is 3.